The van der Waals surface area contributed by atoms with Crippen LogP contribution >= 0.6 is 11.8 Å². The zero-order valence-electron chi connectivity index (χ0n) is 16.4. The number of amides is 3. The van der Waals surface area contributed by atoms with E-state index in [0.29, 0.717) is 5.56 Å². The van der Waals surface area contributed by atoms with Crippen LogP contribution in [0.4, 0.5) is 4.79 Å². The van der Waals surface area contributed by atoms with Crippen LogP contribution in [0.1, 0.15) is 22.8 Å². The van der Waals surface area contributed by atoms with E-state index in [-0.39, 0.29) is 24.0 Å². The van der Waals surface area contributed by atoms with E-state index in [1.807, 2.05) is 30.3 Å². The van der Waals surface area contributed by atoms with Crippen molar-refractivity contribution in [3.8, 4) is 0 Å². The van der Waals surface area contributed by atoms with E-state index in [2.05, 4.69) is 0 Å². The number of carbonyl (C=O) groups is 4. The Bertz CT molecular complexity index is 935. The second kappa shape index (κ2) is 9.58. The van der Waals surface area contributed by atoms with Gasteiger partial charge in [-0.15, -0.1) is 0 Å². The van der Waals surface area contributed by atoms with Gasteiger partial charge in [-0.05, 0) is 5.56 Å². The maximum atomic E-state index is 12.9. The van der Waals surface area contributed by atoms with Gasteiger partial charge in [-0.25, -0.2) is 14.5 Å². The molecule has 2 unspecified atom stereocenters. The fraction of sp³-hybridized carbons (Fsp3) is 0.273. The Kier molecular flexibility index (Phi) is 6.89. The first-order valence-electron chi connectivity index (χ1n) is 9.49. The van der Waals surface area contributed by atoms with Crippen molar-refractivity contribution in [2.75, 3.05) is 12.3 Å². The molecule has 0 spiro atoms. The van der Waals surface area contributed by atoms with Gasteiger partial charge in [0.15, 0.2) is 6.04 Å². The molecule has 8 heteroatoms. The Hall–Kier alpha value is -3.13. The van der Waals surface area contributed by atoms with Crippen molar-refractivity contribution in [1.82, 2.24) is 9.80 Å². The molecule has 3 amide bonds. The topological polar surface area (TPSA) is 95.0 Å². The Balaban J connectivity index is 1.66. The van der Waals surface area contributed by atoms with E-state index in [0.717, 1.165) is 22.2 Å². The van der Waals surface area contributed by atoms with Gasteiger partial charge in [-0.2, -0.15) is 0 Å². The van der Waals surface area contributed by atoms with Crippen LogP contribution in [0, 0.1) is 5.92 Å². The fourth-order valence-electron chi connectivity index (χ4n) is 3.19. The minimum Gasteiger partial charge on any atom is -0.480 e. The van der Waals surface area contributed by atoms with Gasteiger partial charge >= 0.3 is 12.0 Å². The first-order chi connectivity index (χ1) is 14.4. The smallest absolute Gasteiger partial charge is 0.328 e. The predicted molar refractivity (Wildman–Crippen MR) is 113 cm³/mol. The molecule has 2 aromatic rings. The van der Waals surface area contributed by atoms with Crippen molar-refractivity contribution in [3.05, 3.63) is 71.8 Å². The molecule has 0 aliphatic carbocycles. The van der Waals surface area contributed by atoms with E-state index in [9.17, 15) is 24.3 Å². The van der Waals surface area contributed by atoms with Crippen LogP contribution in [0.5, 0.6) is 0 Å². The highest BCUT2D eigenvalue weighted by Crippen LogP contribution is 2.24. The van der Waals surface area contributed by atoms with Crippen molar-refractivity contribution < 1.29 is 24.3 Å². The van der Waals surface area contributed by atoms with Crippen LogP contribution in [0.25, 0.3) is 0 Å². The number of benzene rings is 2. The average molecular weight is 426 g/mol. The lowest BCUT2D eigenvalue weighted by Gasteiger charge is -2.22. The Morgan fingerprint density at radius 1 is 1.07 bits per heavy atom. The number of aliphatic carboxylic acids is 1. The van der Waals surface area contributed by atoms with Crippen molar-refractivity contribution in [2.45, 2.75) is 19.5 Å². The summed E-state index contributed by atoms with van der Waals surface area (Å²) in [4.78, 5) is 51.9. The molecule has 0 radical (unpaired) electrons. The first-order valence-corrected chi connectivity index (χ1v) is 10.5. The minimum absolute atomic E-state index is 0.0718. The minimum atomic E-state index is -1.24. The van der Waals surface area contributed by atoms with E-state index in [1.165, 1.54) is 4.90 Å². The molecule has 1 N–H and O–H groups in total. The second-order valence-electron chi connectivity index (χ2n) is 7.08. The van der Waals surface area contributed by atoms with Crippen molar-refractivity contribution in [2.24, 2.45) is 5.92 Å². The summed E-state index contributed by atoms with van der Waals surface area (Å²) in [5.41, 5.74) is 1.37. The van der Waals surface area contributed by atoms with Gasteiger partial charge in [0, 0.05) is 23.8 Å². The molecule has 1 aliphatic heterocycles. The molecular formula is C22H22N2O5S. The van der Waals surface area contributed by atoms with E-state index in [4.69, 9.17) is 0 Å². The second-order valence-corrected chi connectivity index (χ2v) is 8.07. The molecular weight excluding hydrogens is 404 g/mol. The molecule has 156 valence electrons. The Morgan fingerprint density at radius 2 is 1.67 bits per heavy atom. The number of nitrogens with zero attached hydrogens (tertiary/aromatic N) is 2. The van der Waals surface area contributed by atoms with Gasteiger partial charge in [-0.1, -0.05) is 79.3 Å². The molecule has 0 bridgehead atoms. The largest absolute Gasteiger partial charge is 0.480 e. The van der Waals surface area contributed by atoms with Crippen molar-refractivity contribution in [1.29, 1.82) is 0 Å². The molecule has 0 aromatic heterocycles. The van der Waals surface area contributed by atoms with E-state index < -0.39 is 29.9 Å². The third-order valence-electron chi connectivity index (χ3n) is 4.82. The number of imide groups is 1. The van der Waals surface area contributed by atoms with Gasteiger partial charge in [-0.3, -0.25) is 9.59 Å². The van der Waals surface area contributed by atoms with Gasteiger partial charge in [0.05, 0.1) is 6.54 Å². The summed E-state index contributed by atoms with van der Waals surface area (Å²) in [5, 5.41) is 9.37. The monoisotopic (exact) mass is 426 g/mol. The van der Waals surface area contributed by atoms with Crippen molar-refractivity contribution in [3.63, 3.8) is 0 Å². The molecule has 0 saturated carbocycles. The molecule has 2 atom stereocenters. The molecule has 1 aliphatic rings. The number of thioether (sulfide) groups is 1. The van der Waals surface area contributed by atoms with E-state index >= 15 is 0 Å². The molecule has 1 saturated heterocycles. The van der Waals surface area contributed by atoms with Crippen LogP contribution < -0.4 is 0 Å². The lowest BCUT2D eigenvalue weighted by molar-refractivity contribution is -0.147. The van der Waals surface area contributed by atoms with Crippen LogP contribution in [-0.2, 0) is 16.1 Å². The SMILES string of the molecule is CC(CSC(=O)c1ccccc1)C(=O)N1C(=O)N(Cc2ccccc2)CC1C(=O)O. The molecule has 1 heterocycles. The lowest BCUT2D eigenvalue weighted by Crippen LogP contribution is -2.46. The summed E-state index contributed by atoms with van der Waals surface area (Å²) < 4.78 is 0. The number of carboxylic acid groups (broad SMARTS) is 1. The zero-order valence-corrected chi connectivity index (χ0v) is 17.2. The zero-order chi connectivity index (χ0) is 21.7. The average Bonchev–Trinajstić information content (AvgIpc) is 3.08. The van der Waals surface area contributed by atoms with Crippen molar-refractivity contribution >= 4 is 34.8 Å². The maximum absolute atomic E-state index is 12.9. The number of urea groups is 1. The Labute approximate surface area is 178 Å². The fourth-order valence-corrected chi connectivity index (χ4v) is 4.04. The summed E-state index contributed by atoms with van der Waals surface area (Å²) in [6.07, 6.45) is 0. The predicted octanol–water partition coefficient (Wildman–Crippen LogP) is 3.11. The summed E-state index contributed by atoms with van der Waals surface area (Å²) in [5.74, 6) is -2.35. The third kappa shape index (κ3) is 4.88. The first kappa shape index (κ1) is 21.6. The highest BCUT2D eigenvalue weighted by Gasteiger charge is 2.46. The Morgan fingerprint density at radius 3 is 2.27 bits per heavy atom. The highest BCUT2D eigenvalue weighted by atomic mass is 32.2. The number of carbonyl (C=O) groups excluding carboxylic acids is 3. The third-order valence-corrected chi connectivity index (χ3v) is 5.98. The van der Waals surface area contributed by atoms with Crippen LogP contribution in [-0.4, -0.2) is 56.3 Å². The lowest BCUT2D eigenvalue weighted by atomic mass is 10.1. The number of hydrogen-bond acceptors (Lipinski definition) is 5. The normalized spacial score (nSPS) is 17.1. The molecule has 3 rings (SSSR count). The molecule has 1 fully saturated rings. The number of hydrogen-bond donors (Lipinski definition) is 1. The maximum Gasteiger partial charge on any atom is 0.328 e. The highest BCUT2D eigenvalue weighted by molar-refractivity contribution is 8.14. The summed E-state index contributed by atoms with van der Waals surface area (Å²) in [7, 11) is 0. The molecule has 7 nitrogen and oxygen atoms in total. The quantitative estimate of drug-likeness (QED) is 0.731. The number of rotatable bonds is 7. The molecule has 30 heavy (non-hydrogen) atoms. The molecule has 2 aromatic carbocycles. The standard InChI is InChI=1S/C22H22N2O5S/c1-15(14-30-21(28)17-10-6-3-7-11-17)19(25)24-18(20(26)27)13-23(22(24)29)12-16-8-4-2-5-9-16/h2-11,15,18H,12-14H2,1H3,(H,26,27). The van der Waals surface area contributed by atoms with Gasteiger partial charge in [0.2, 0.25) is 11.0 Å². The summed E-state index contributed by atoms with van der Waals surface area (Å²) >= 11 is 0.980. The van der Waals surface area contributed by atoms with Crippen LogP contribution in [0.15, 0.2) is 60.7 Å². The summed E-state index contributed by atoms with van der Waals surface area (Å²) in [6, 6.07) is 16.0. The van der Waals surface area contributed by atoms with Gasteiger partial charge in [0.25, 0.3) is 0 Å². The van der Waals surface area contributed by atoms with Gasteiger partial charge < -0.3 is 10.0 Å². The van der Waals surface area contributed by atoms with Crippen LogP contribution in [0.2, 0.25) is 0 Å². The number of carboxylic acids is 1. The van der Waals surface area contributed by atoms with E-state index in [1.54, 1.807) is 37.3 Å². The van der Waals surface area contributed by atoms with Gasteiger partial charge in [0.1, 0.15) is 0 Å². The van der Waals surface area contributed by atoms with Crippen LogP contribution in [0.3, 0.4) is 0 Å². The summed E-state index contributed by atoms with van der Waals surface area (Å²) in [6.45, 7) is 1.75.